The molecule has 1 fully saturated rings. The van der Waals surface area contributed by atoms with E-state index in [0.717, 1.165) is 6.42 Å². The Morgan fingerprint density at radius 1 is 1.26 bits per heavy atom. The summed E-state index contributed by atoms with van der Waals surface area (Å²) < 4.78 is 54.9. The highest BCUT2D eigenvalue weighted by Crippen LogP contribution is 2.42. The first-order valence-corrected chi connectivity index (χ1v) is 11.4. The molecule has 1 aliphatic rings. The second kappa shape index (κ2) is 10.4. The molecule has 35 heavy (non-hydrogen) atoms. The summed E-state index contributed by atoms with van der Waals surface area (Å²) in [4.78, 5) is 17.8. The number of hydrogen-bond acceptors (Lipinski definition) is 7. The van der Waals surface area contributed by atoms with E-state index in [2.05, 4.69) is 10.1 Å². The minimum atomic E-state index is -1.18. The number of rotatable bonds is 7. The zero-order valence-electron chi connectivity index (χ0n) is 18.7. The van der Waals surface area contributed by atoms with Crippen molar-refractivity contribution < 1.29 is 27.4 Å². The lowest BCUT2D eigenvalue weighted by Gasteiger charge is -2.29. The van der Waals surface area contributed by atoms with E-state index in [0.29, 0.717) is 37.9 Å². The molecule has 0 saturated carbocycles. The van der Waals surface area contributed by atoms with Crippen LogP contribution in [0.4, 0.5) is 23.8 Å². The minimum absolute atomic E-state index is 0.0629. The van der Waals surface area contributed by atoms with E-state index in [9.17, 15) is 23.2 Å². The molecule has 1 aromatic carbocycles. The Kier molecular flexibility index (Phi) is 7.31. The molecule has 1 saturated heterocycles. The lowest BCUT2D eigenvalue weighted by Crippen LogP contribution is -2.36. The van der Waals surface area contributed by atoms with Crippen molar-refractivity contribution in [3.8, 4) is 17.2 Å². The normalized spacial score (nSPS) is 15.4. The topological polar surface area (TPSA) is 92.8 Å². The van der Waals surface area contributed by atoms with Gasteiger partial charge in [-0.05, 0) is 19.3 Å². The van der Waals surface area contributed by atoms with E-state index < -0.39 is 35.2 Å². The molecule has 0 N–H and O–H groups in total. The van der Waals surface area contributed by atoms with Crippen LogP contribution < -0.4 is 4.90 Å². The van der Waals surface area contributed by atoms with Gasteiger partial charge in [-0.25, -0.2) is 22.9 Å². The summed E-state index contributed by atoms with van der Waals surface area (Å²) in [7, 11) is 0. The number of aromatic nitrogens is 3. The Labute approximate surface area is 203 Å². The van der Waals surface area contributed by atoms with Crippen LogP contribution in [0.25, 0.3) is 16.8 Å². The maximum atomic E-state index is 14.9. The molecule has 0 radical (unpaired) electrons. The number of unbranched alkanes of at least 4 members (excludes halogenated alkanes) is 1. The Hall–Kier alpha value is -3.52. The lowest BCUT2D eigenvalue weighted by molar-refractivity contribution is 0.0507. The Morgan fingerprint density at radius 2 is 2.00 bits per heavy atom. The van der Waals surface area contributed by atoms with Crippen molar-refractivity contribution in [1.29, 1.82) is 5.26 Å². The molecular formula is C23H21ClF3N5O3. The standard InChI is InChI=1S/C23H21ClF3N5O3/c1-2-3-7-34-23(33)35-12-15-5-4-6-31(15)22-19(18-16(26)8-14(25)9-17(18)27)20(24)30-21-13(10-28)11-29-32(21)22/h8-9,11,15H,2-7,12H2,1H3/t15-/m0/s1. The summed E-state index contributed by atoms with van der Waals surface area (Å²) in [6, 6.07) is 2.64. The zero-order valence-corrected chi connectivity index (χ0v) is 19.5. The van der Waals surface area contributed by atoms with Gasteiger partial charge in [0, 0.05) is 18.7 Å². The van der Waals surface area contributed by atoms with Gasteiger partial charge in [0.05, 0.1) is 30.0 Å². The van der Waals surface area contributed by atoms with Gasteiger partial charge in [-0.1, -0.05) is 24.9 Å². The second-order valence-corrected chi connectivity index (χ2v) is 8.36. The molecule has 0 aliphatic carbocycles. The summed E-state index contributed by atoms with van der Waals surface area (Å²) in [6.45, 7) is 2.55. The third-order valence-corrected chi connectivity index (χ3v) is 5.99. The monoisotopic (exact) mass is 507 g/mol. The number of hydrogen-bond donors (Lipinski definition) is 0. The largest absolute Gasteiger partial charge is 0.508 e. The van der Waals surface area contributed by atoms with Crippen LogP contribution in [0.3, 0.4) is 0 Å². The summed E-state index contributed by atoms with van der Waals surface area (Å²) in [5.41, 5.74) is -0.546. The summed E-state index contributed by atoms with van der Waals surface area (Å²) in [5.74, 6) is -3.29. The zero-order chi connectivity index (χ0) is 25.1. The van der Waals surface area contributed by atoms with E-state index in [1.54, 1.807) is 4.90 Å². The Morgan fingerprint density at radius 3 is 2.69 bits per heavy atom. The third-order valence-electron chi connectivity index (χ3n) is 5.72. The van der Waals surface area contributed by atoms with Crippen molar-refractivity contribution >= 4 is 29.2 Å². The number of fused-ring (bicyclic) bond motifs is 1. The number of ether oxygens (including phenoxy) is 2. The van der Waals surface area contributed by atoms with Crippen LogP contribution in [-0.4, -0.2) is 46.6 Å². The second-order valence-electron chi connectivity index (χ2n) is 8.00. The van der Waals surface area contributed by atoms with E-state index in [1.165, 1.54) is 10.7 Å². The fourth-order valence-corrected chi connectivity index (χ4v) is 4.34. The van der Waals surface area contributed by atoms with E-state index in [-0.39, 0.29) is 41.0 Å². The van der Waals surface area contributed by atoms with E-state index >= 15 is 0 Å². The van der Waals surface area contributed by atoms with Gasteiger partial charge >= 0.3 is 6.16 Å². The predicted molar refractivity (Wildman–Crippen MR) is 121 cm³/mol. The molecule has 3 aromatic rings. The summed E-state index contributed by atoms with van der Waals surface area (Å²) in [5, 5.41) is 13.3. The fourth-order valence-electron chi connectivity index (χ4n) is 4.09. The molecule has 3 heterocycles. The first-order valence-electron chi connectivity index (χ1n) is 11.0. The molecule has 0 spiro atoms. The highest BCUT2D eigenvalue weighted by Gasteiger charge is 2.34. The number of carbonyl (C=O) groups excluding carboxylic acids is 1. The van der Waals surface area contributed by atoms with Crippen molar-refractivity contribution in [2.45, 2.75) is 38.6 Å². The molecule has 1 aliphatic heterocycles. The van der Waals surface area contributed by atoms with Crippen molar-refractivity contribution in [3.63, 3.8) is 0 Å². The molecule has 0 bridgehead atoms. The van der Waals surface area contributed by atoms with Gasteiger partial charge in [-0.15, -0.1) is 0 Å². The average Bonchev–Trinajstić information content (AvgIpc) is 3.44. The molecule has 12 heteroatoms. The van der Waals surface area contributed by atoms with Gasteiger partial charge in [0.1, 0.15) is 46.7 Å². The fraction of sp³-hybridized carbons (Fsp3) is 0.391. The molecule has 2 aromatic heterocycles. The van der Waals surface area contributed by atoms with Crippen LogP contribution in [0, 0.1) is 28.8 Å². The molecule has 8 nitrogen and oxygen atoms in total. The SMILES string of the molecule is CCCCOC(=O)OC[C@@H]1CCCN1c1c(-c2c(F)cc(F)cc2F)c(Cl)nc2c(C#N)cnn12. The summed E-state index contributed by atoms with van der Waals surface area (Å²) in [6.07, 6.45) is 3.26. The van der Waals surface area contributed by atoms with Gasteiger partial charge in [-0.3, -0.25) is 0 Å². The molecule has 4 rings (SSSR count). The maximum absolute atomic E-state index is 14.9. The van der Waals surface area contributed by atoms with Gasteiger partial charge in [-0.2, -0.15) is 14.9 Å². The van der Waals surface area contributed by atoms with Crippen LogP contribution in [0.5, 0.6) is 0 Å². The van der Waals surface area contributed by atoms with Crippen LogP contribution in [0.2, 0.25) is 5.15 Å². The smallest absolute Gasteiger partial charge is 0.434 e. The van der Waals surface area contributed by atoms with Crippen molar-refractivity contribution in [3.05, 3.63) is 46.5 Å². The Balaban J connectivity index is 1.80. The van der Waals surface area contributed by atoms with E-state index in [1.807, 2.05) is 13.0 Å². The third kappa shape index (κ3) is 4.84. The van der Waals surface area contributed by atoms with E-state index in [4.69, 9.17) is 21.1 Å². The highest BCUT2D eigenvalue weighted by atomic mass is 35.5. The highest BCUT2D eigenvalue weighted by molar-refractivity contribution is 6.33. The molecule has 1 atom stereocenters. The molecular weight excluding hydrogens is 487 g/mol. The first kappa shape index (κ1) is 24.6. The van der Waals surface area contributed by atoms with Gasteiger partial charge in [0.15, 0.2) is 5.65 Å². The molecule has 0 amide bonds. The van der Waals surface area contributed by atoms with Gasteiger partial charge in [0.2, 0.25) is 0 Å². The van der Waals surface area contributed by atoms with Crippen molar-refractivity contribution in [1.82, 2.24) is 14.6 Å². The Bertz CT molecular complexity index is 1290. The van der Waals surface area contributed by atoms with Gasteiger partial charge < -0.3 is 14.4 Å². The number of carbonyl (C=O) groups is 1. The van der Waals surface area contributed by atoms with Crippen molar-refractivity contribution in [2.75, 3.05) is 24.7 Å². The molecule has 184 valence electrons. The average molecular weight is 508 g/mol. The van der Waals surface area contributed by atoms with Crippen LogP contribution >= 0.6 is 11.6 Å². The lowest BCUT2D eigenvalue weighted by atomic mass is 10.1. The van der Waals surface area contributed by atoms with Crippen LogP contribution in [0.1, 0.15) is 38.2 Å². The number of nitrogens with zero attached hydrogens (tertiary/aromatic N) is 5. The predicted octanol–water partition coefficient (Wildman–Crippen LogP) is 5.26. The maximum Gasteiger partial charge on any atom is 0.508 e. The molecule has 0 unspecified atom stereocenters. The van der Waals surface area contributed by atoms with Crippen LogP contribution in [0.15, 0.2) is 18.3 Å². The van der Waals surface area contributed by atoms with Crippen LogP contribution in [-0.2, 0) is 9.47 Å². The number of nitriles is 1. The number of halogens is 4. The number of benzene rings is 1. The first-order chi connectivity index (χ1) is 16.8. The van der Waals surface area contributed by atoms with Gasteiger partial charge in [0.25, 0.3) is 0 Å². The van der Waals surface area contributed by atoms with Crippen molar-refractivity contribution in [2.24, 2.45) is 0 Å². The summed E-state index contributed by atoms with van der Waals surface area (Å²) >= 11 is 6.42. The minimum Gasteiger partial charge on any atom is -0.434 e. The number of anilines is 1. The quantitative estimate of drug-likeness (QED) is 0.244.